The maximum Gasteiger partial charge on any atom is 0.255 e. The van der Waals surface area contributed by atoms with Crippen molar-refractivity contribution >= 4 is 17.5 Å². The molecule has 1 fully saturated rings. The molecule has 2 aromatic rings. The zero-order chi connectivity index (χ0) is 18.5. The lowest BCUT2D eigenvalue weighted by Gasteiger charge is -2.20. The van der Waals surface area contributed by atoms with Crippen LogP contribution in [0.5, 0.6) is 0 Å². The summed E-state index contributed by atoms with van der Waals surface area (Å²) in [6.07, 6.45) is 0.917. The van der Waals surface area contributed by atoms with Gasteiger partial charge in [-0.2, -0.15) is 0 Å². The van der Waals surface area contributed by atoms with Crippen LogP contribution in [0.25, 0.3) is 0 Å². The second-order valence-electron chi connectivity index (χ2n) is 6.39. The van der Waals surface area contributed by atoms with E-state index in [-0.39, 0.29) is 11.5 Å². The molecule has 0 bridgehead atoms. The molecule has 0 saturated carbocycles. The van der Waals surface area contributed by atoms with Gasteiger partial charge in [0, 0.05) is 36.4 Å². The van der Waals surface area contributed by atoms with E-state index in [1.807, 2.05) is 17.9 Å². The van der Waals surface area contributed by atoms with Crippen molar-refractivity contribution in [1.29, 1.82) is 0 Å². The van der Waals surface area contributed by atoms with E-state index in [9.17, 15) is 14.0 Å². The highest BCUT2D eigenvalue weighted by atomic mass is 19.1. The number of amides is 2. The molecule has 0 aliphatic carbocycles. The van der Waals surface area contributed by atoms with E-state index in [1.54, 1.807) is 18.2 Å². The summed E-state index contributed by atoms with van der Waals surface area (Å²) < 4.78 is 13.3. The number of hydrogen-bond acceptors (Lipinski definition) is 3. The fraction of sp³-hybridized carbons (Fsp3) is 0.300. The molecule has 6 heteroatoms. The molecule has 0 radical (unpaired) electrons. The molecular formula is C20H22FN3O2. The van der Waals surface area contributed by atoms with Gasteiger partial charge in [0.1, 0.15) is 5.82 Å². The molecule has 136 valence electrons. The molecule has 5 nitrogen and oxygen atoms in total. The first kappa shape index (κ1) is 18.1. The molecule has 2 aromatic carbocycles. The van der Waals surface area contributed by atoms with Gasteiger partial charge >= 0.3 is 0 Å². The van der Waals surface area contributed by atoms with E-state index < -0.39 is 11.7 Å². The minimum absolute atomic E-state index is 0.0463. The number of aryl methyl sites for hydroxylation is 1. The van der Waals surface area contributed by atoms with Crippen LogP contribution >= 0.6 is 0 Å². The Bertz CT molecular complexity index is 814. The van der Waals surface area contributed by atoms with Gasteiger partial charge in [-0.15, -0.1) is 0 Å². The van der Waals surface area contributed by atoms with Crippen molar-refractivity contribution in [3.8, 4) is 0 Å². The van der Waals surface area contributed by atoms with E-state index in [2.05, 4.69) is 10.6 Å². The highest BCUT2D eigenvalue weighted by molar-refractivity contribution is 6.05. The summed E-state index contributed by atoms with van der Waals surface area (Å²) in [6.45, 7) is 4.92. The lowest BCUT2D eigenvalue weighted by molar-refractivity contribution is 0.0766. The number of rotatable bonds is 3. The van der Waals surface area contributed by atoms with Crippen LogP contribution in [0, 0.1) is 12.7 Å². The van der Waals surface area contributed by atoms with Crippen molar-refractivity contribution in [2.75, 3.05) is 31.5 Å². The fourth-order valence-corrected chi connectivity index (χ4v) is 2.95. The third kappa shape index (κ3) is 4.26. The molecule has 0 spiro atoms. The summed E-state index contributed by atoms with van der Waals surface area (Å²) in [5.41, 5.74) is 2.16. The standard InChI is InChI=1S/C20H22FN3O2/c1-14-6-7-16(20(26)24-10-3-8-22-9-11-24)13-18(14)23-19(25)15-4-2-5-17(21)12-15/h2,4-7,12-13,22H,3,8-11H2,1H3,(H,23,25). The number of anilines is 1. The van der Waals surface area contributed by atoms with E-state index in [0.717, 1.165) is 25.1 Å². The smallest absolute Gasteiger partial charge is 0.255 e. The SMILES string of the molecule is Cc1ccc(C(=O)N2CCCNCC2)cc1NC(=O)c1cccc(F)c1. The Morgan fingerprint density at radius 1 is 1.08 bits per heavy atom. The lowest BCUT2D eigenvalue weighted by Crippen LogP contribution is -2.34. The number of nitrogens with zero attached hydrogens (tertiary/aromatic N) is 1. The van der Waals surface area contributed by atoms with Crippen molar-refractivity contribution in [2.45, 2.75) is 13.3 Å². The van der Waals surface area contributed by atoms with Crippen molar-refractivity contribution in [1.82, 2.24) is 10.2 Å². The van der Waals surface area contributed by atoms with Crippen LogP contribution in [0.3, 0.4) is 0 Å². The monoisotopic (exact) mass is 355 g/mol. The summed E-state index contributed by atoms with van der Waals surface area (Å²) >= 11 is 0. The van der Waals surface area contributed by atoms with Crippen LogP contribution in [0.15, 0.2) is 42.5 Å². The molecule has 0 atom stereocenters. The Labute approximate surface area is 152 Å². The van der Waals surface area contributed by atoms with Crippen LogP contribution in [0.2, 0.25) is 0 Å². The molecule has 1 heterocycles. The number of benzene rings is 2. The third-order valence-corrected chi connectivity index (χ3v) is 4.45. The van der Waals surface area contributed by atoms with Crippen LogP contribution in [-0.4, -0.2) is 42.9 Å². The maximum atomic E-state index is 13.3. The molecule has 0 unspecified atom stereocenters. The van der Waals surface area contributed by atoms with Gasteiger partial charge in [0.05, 0.1) is 0 Å². The van der Waals surface area contributed by atoms with Crippen molar-refractivity contribution < 1.29 is 14.0 Å². The third-order valence-electron chi connectivity index (χ3n) is 4.45. The summed E-state index contributed by atoms with van der Waals surface area (Å²) in [5, 5.41) is 6.05. The Balaban J connectivity index is 1.79. The van der Waals surface area contributed by atoms with Crippen molar-refractivity contribution in [2.24, 2.45) is 0 Å². The number of halogens is 1. The molecule has 26 heavy (non-hydrogen) atoms. The van der Waals surface area contributed by atoms with Crippen LogP contribution < -0.4 is 10.6 Å². The molecule has 1 saturated heterocycles. The lowest BCUT2D eigenvalue weighted by atomic mass is 10.1. The Morgan fingerprint density at radius 2 is 1.92 bits per heavy atom. The predicted octanol–water partition coefficient (Wildman–Crippen LogP) is 2.82. The average Bonchev–Trinajstić information content (AvgIpc) is 2.92. The molecule has 2 N–H and O–H groups in total. The molecule has 0 aromatic heterocycles. The summed E-state index contributed by atoms with van der Waals surface area (Å²) in [4.78, 5) is 26.9. The van der Waals surface area contributed by atoms with E-state index in [1.165, 1.54) is 18.2 Å². The van der Waals surface area contributed by atoms with Gasteiger partial charge in [0.15, 0.2) is 0 Å². The molecular weight excluding hydrogens is 333 g/mol. The molecule has 2 amide bonds. The zero-order valence-electron chi connectivity index (χ0n) is 14.7. The minimum Gasteiger partial charge on any atom is -0.337 e. The van der Waals surface area contributed by atoms with E-state index >= 15 is 0 Å². The normalized spacial score (nSPS) is 14.6. The highest BCUT2D eigenvalue weighted by Gasteiger charge is 2.18. The molecule has 1 aliphatic rings. The number of carbonyl (C=O) groups excluding carboxylic acids is 2. The molecule has 3 rings (SSSR count). The Morgan fingerprint density at radius 3 is 2.73 bits per heavy atom. The van der Waals surface area contributed by atoms with Gasteiger partial charge in [-0.1, -0.05) is 12.1 Å². The predicted molar refractivity (Wildman–Crippen MR) is 98.9 cm³/mol. The van der Waals surface area contributed by atoms with E-state index in [0.29, 0.717) is 24.3 Å². The van der Waals surface area contributed by atoms with Gasteiger partial charge in [-0.3, -0.25) is 9.59 Å². The quantitative estimate of drug-likeness (QED) is 0.890. The Hall–Kier alpha value is -2.73. The van der Waals surface area contributed by atoms with Crippen molar-refractivity contribution in [3.05, 3.63) is 65.0 Å². The minimum atomic E-state index is -0.465. The second-order valence-corrected chi connectivity index (χ2v) is 6.39. The number of hydrogen-bond donors (Lipinski definition) is 2. The summed E-state index contributed by atoms with van der Waals surface area (Å²) in [6, 6.07) is 10.8. The van der Waals surface area contributed by atoms with Crippen LogP contribution in [0.1, 0.15) is 32.7 Å². The van der Waals surface area contributed by atoms with Crippen LogP contribution in [0.4, 0.5) is 10.1 Å². The zero-order valence-corrected chi connectivity index (χ0v) is 14.7. The molecule has 1 aliphatic heterocycles. The maximum absolute atomic E-state index is 13.3. The van der Waals surface area contributed by atoms with Gasteiger partial charge in [0.25, 0.3) is 11.8 Å². The largest absolute Gasteiger partial charge is 0.337 e. The number of carbonyl (C=O) groups is 2. The van der Waals surface area contributed by atoms with Gasteiger partial charge < -0.3 is 15.5 Å². The first-order chi connectivity index (χ1) is 12.5. The fourth-order valence-electron chi connectivity index (χ4n) is 2.95. The van der Waals surface area contributed by atoms with E-state index in [4.69, 9.17) is 0 Å². The van der Waals surface area contributed by atoms with Gasteiger partial charge in [-0.25, -0.2) is 4.39 Å². The number of nitrogens with one attached hydrogen (secondary N) is 2. The average molecular weight is 355 g/mol. The summed E-state index contributed by atoms with van der Waals surface area (Å²) in [7, 11) is 0. The second kappa shape index (κ2) is 8.10. The summed E-state index contributed by atoms with van der Waals surface area (Å²) in [5.74, 6) is -0.917. The van der Waals surface area contributed by atoms with Gasteiger partial charge in [0.2, 0.25) is 0 Å². The Kier molecular flexibility index (Phi) is 5.63. The first-order valence-electron chi connectivity index (χ1n) is 8.72. The topological polar surface area (TPSA) is 61.4 Å². The first-order valence-corrected chi connectivity index (χ1v) is 8.72. The van der Waals surface area contributed by atoms with Crippen molar-refractivity contribution in [3.63, 3.8) is 0 Å². The van der Waals surface area contributed by atoms with Crippen LogP contribution in [-0.2, 0) is 0 Å². The van der Waals surface area contributed by atoms with Gasteiger partial charge in [-0.05, 0) is 55.8 Å². The highest BCUT2D eigenvalue weighted by Crippen LogP contribution is 2.20.